The fraction of sp³-hybridized carbons (Fsp3) is 0.174. The molecule has 6 N–H and O–H groups in total. The standard InChI is InChI=1S/C23H22ClF2N5O4S/c24-23-16-4-3-15(11-19(16)29-30-23)35-8-7-28-12-21(32)13-1-5-17(25)20(9-13)31-36(33,34)22-10-14(27)2-6-18(22)26/h1-6,9-11,21,28,31-32H,7-8,12,27H2,(H,29,30). The van der Waals surface area contributed by atoms with Gasteiger partial charge in [0.25, 0.3) is 10.0 Å². The number of aromatic amines is 1. The molecule has 0 aliphatic heterocycles. The van der Waals surface area contributed by atoms with E-state index in [1.807, 2.05) is 4.72 Å². The number of sulfonamides is 1. The van der Waals surface area contributed by atoms with Crippen molar-refractivity contribution in [1.29, 1.82) is 0 Å². The number of aliphatic hydroxyl groups is 1. The third-order valence-corrected chi connectivity index (χ3v) is 6.91. The predicted octanol–water partition coefficient (Wildman–Crippen LogP) is 3.58. The summed E-state index contributed by atoms with van der Waals surface area (Å²) >= 11 is 5.95. The lowest BCUT2D eigenvalue weighted by Crippen LogP contribution is -2.26. The first-order chi connectivity index (χ1) is 17.1. The zero-order valence-electron chi connectivity index (χ0n) is 18.6. The fourth-order valence-electron chi connectivity index (χ4n) is 3.41. The van der Waals surface area contributed by atoms with Crippen LogP contribution in [0.5, 0.6) is 5.75 Å². The van der Waals surface area contributed by atoms with Gasteiger partial charge in [0.05, 0.1) is 17.3 Å². The van der Waals surface area contributed by atoms with Crippen molar-refractivity contribution < 1.29 is 27.0 Å². The van der Waals surface area contributed by atoms with Gasteiger partial charge in [-0.1, -0.05) is 17.7 Å². The van der Waals surface area contributed by atoms with E-state index in [9.17, 15) is 22.3 Å². The monoisotopic (exact) mass is 537 g/mol. The molecule has 13 heteroatoms. The molecule has 1 atom stereocenters. The third-order valence-electron chi connectivity index (χ3n) is 5.24. The first-order valence-electron chi connectivity index (χ1n) is 10.7. The third kappa shape index (κ3) is 5.85. The van der Waals surface area contributed by atoms with Gasteiger partial charge in [0.1, 0.15) is 28.9 Å². The van der Waals surface area contributed by atoms with Gasteiger partial charge in [-0.05, 0) is 48.0 Å². The molecule has 0 spiro atoms. The number of aromatic nitrogens is 2. The van der Waals surface area contributed by atoms with Crippen LogP contribution in [0, 0.1) is 11.6 Å². The highest BCUT2D eigenvalue weighted by molar-refractivity contribution is 7.92. The van der Waals surface area contributed by atoms with Crippen LogP contribution in [0.3, 0.4) is 0 Å². The highest BCUT2D eigenvalue weighted by atomic mass is 35.5. The first kappa shape index (κ1) is 25.6. The van der Waals surface area contributed by atoms with E-state index in [1.165, 1.54) is 12.1 Å². The van der Waals surface area contributed by atoms with Gasteiger partial charge in [-0.25, -0.2) is 17.2 Å². The van der Waals surface area contributed by atoms with Crippen LogP contribution < -0.4 is 20.5 Å². The molecule has 0 radical (unpaired) electrons. The number of nitrogens with one attached hydrogen (secondary N) is 3. The molecule has 0 fully saturated rings. The topological polar surface area (TPSA) is 142 Å². The van der Waals surface area contributed by atoms with Crippen LogP contribution in [-0.2, 0) is 10.0 Å². The molecule has 1 unspecified atom stereocenters. The number of fused-ring (bicyclic) bond motifs is 1. The lowest BCUT2D eigenvalue weighted by molar-refractivity contribution is 0.172. The molecule has 0 amide bonds. The lowest BCUT2D eigenvalue weighted by atomic mass is 10.1. The van der Waals surface area contributed by atoms with E-state index < -0.39 is 38.3 Å². The van der Waals surface area contributed by atoms with E-state index >= 15 is 0 Å². The van der Waals surface area contributed by atoms with Crippen molar-refractivity contribution in [3.8, 4) is 5.75 Å². The molecular weight excluding hydrogens is 516 g/mol. The number of rotatable bonds is 10. The summed E-state index contributed by atoms with van der Waals surface area (Å²) in [7, 11) is -4.47. The first-order valence-corrected chi connectivity index (χ1v) is 12.5. The summed E-state index contributed by atoms with van der Waals surface area (Å²) in [6.45, 7) is 0.759. The Labute approximate surface area is 210 Å². The number of anilines is 2. The maximum Gasteiger partial charge on any atom is 0.264 e. The molecule has 9 nitrogen and oxygen atoms in total. The number of hydrogen-bond donors (Lipinski definition) is 5. The van der Waals surface area contributed by atoms with Gasteiger partial charge in [0, 0.05) is 30.2 Å². The second kappa shape index (κ2) is 10.7. The Bertz CT molecular complexity index is 1500. The van der Waals surface area contributed by atoms with Crippen LogP contribution in [0.25, 0.3) is 10.9 Å². The largest absolute Gasteiger partial charge is 0.492 e. The number of nitrogens with two attached hydrogens (primary N) is 1. The van der Waals surface area contributed by atoms with Crippen molar-refractivity contribution in [3.63, 3.8) is 0 Å². The quantitative estimate of drug-likeness (QED) is 0.154. The Morgan fingerprint density at radius 3 is 2.69 bits per heavy atom. The second-order valence-corrected chi connectivity index (χ2v) is 9.83. The Hall–Kier alpha value is -3.45. The zero-order chi connectivity index (χ0) is 25.9. The van der Waals surface area contributed by atoms with Gasteiger partial charge < -0.3 is 20.9 Å². The van der Waals surface area contributed by atoms with E-state index in [4.69, 9.17) is 22.1 Å². The summed E-state index contributed by atoms with van der Waals surface area (Å²) < 4.78 is 61.1. The Balaban J connectivity index is 1.33. The second-order valence-electron chi connectivity index (χ2n) is 7.82. The number of nitrogen functional groups attached to an aromatic ring is 1. The maximum absolute atomic E-state index is 14.3. The minimum atomic E-state index is -4.47. The molecule has 190 valence electrons. The predicted molar refractivity (Wildman–Crippen MR) is 132 cm³/mol. The highest BCUT2D eigenvalue weighted by Crippen LogP contribution is 2.26. The highest BCUT2D eigenvalue weighted by Gasteiger charge is 2.22. The minimum Gasteiger partial charge on any atom is -0.492 e. The lowest BCUT2D eigenvalue weighted by Gasteiger charge is -2.15. The van der Waals surface area contributed by atoms with Crippen molar-refractivity contribution in [1.82, 2.24) is 15.5 Å². The molecule has 36 heavy (non-hydrogen) atoms. The number of ether oxygens (including phenoxy) is 1. The van der Waals surface area contributed by atoms with Crippen LogP contribution in [0.1, 0.15) is 11.7 Å². The van der Waals surface area contributed by atoms with Crippen molar-refractivity contribution in [2.75, 3.05) is 30.2 Å². The molecule has 0 saturated carbocycles. The smallest absolute Gasteiger partial charge is 0.264 e. The summed E-state index contributed by atoms with van der Waals surface area (Å²) in [4.78, 5) is -0.718. The molecule has 4 aromatic rings. The van der Waals surface area contributed by atoms with Gasteiger partial charge in [-0.3, -0.25) is 9.82 Å². The number of aliphatic hydroxyl groups excluding tert-OH is 1. The van der Waals surface area contributed by atoms with E-state index in [0.29, 0.717) is 24.1 Å². The van der Waals surface area contributed by atoms with Crippen molar-refractivity contribution in [2.45, 2.75) is 11.0 Å². The number of H-pyrrole nitrogens is 1. The molecular formula is C23H22ClF2N5O4S. The molecule has 0 bridgehead atoms. The van der Waals surface area contributed by atoms with Gasteiger partial charge >= 0.3 is 0 Å². The molecule has 1 heterocycles. The number of nitrogens with zero attached hydrogens (tertiary/aromatic N) is 1. The van der Waals surface area contributed by atoms with Crippen molar-refractivity contribution in [3.05, 3.63) is 76.9 Å². The average Bonchev–Trinajstić information content (AvgIpc) is 3.21. The Morgan fingerprint density at radius 1 is 1.11 bits per heavy atom. The summed E-state index contributed by atoms with van der Waals surface area (Å²) in [6, 6.07) is 11.8. The van der Waals surface area contributed by atoms with Crippen LogP contribution >= 0.6 is 11.6 Å². The molecule has 0 aliphatic rings. The van der Waals surface area contributed by atoms with Crippen molar-refractivity contribution in [2.24, 2.45) is 0 Å². The molecule has 0 saturated heterocycles. The number of halogens is 3. The summed E-state index contributed by atoms with van der Waals surface area (Å²) in [6.07, 6.45) is -1.08. The molecule has 4 rings (SSSR count). The van der Waals surface area contributed by atoms with E-state index in [1.54, 1.807) is 18.2 Å². The SMILES string of the molecule is Nc1ccc(F)c(S(=O)(=O)Nc2cc(C(O)CNCCOc3ccc4c(Cl)n[nH]c4c3)ccc2F)c1. The van der Waals surface area contributed by atoms with Crippen LogP contribution in [0.4, 0.5) is 20.2 Å². The van der Waals surface area contributed by atoms with Gasteiger partial charge in [0.15, 0.2) is 5.15 Å². The van der Waals surface area contributed by atoms with Crippen LogP contribution in [-0.4, -0.2) is 43.4 Å². The van der Waals surface area contributed by atoms with E-state index in [0.717, 1.165) is 35.2 Å². The maximum atomic E-state index is 14.3. The van der Waals surface area contributed by atoms with E-state index in [-0.39, 0.29) is 17.8 Å². The minimum absolute atomic E-state index is 0.0303. The Kier molecular flexibility index (Phi) is 7.59. The van der Waals surface area contributed by atoms with Crippen LogP contribution in [0.2, 0.25) is 5.15 Å². The molecule has 1 aromatic heterocycles. The zero-order valence-corrected chi connectivity index (χ0v) is 20.2. The summed E-state index contributed by atoms with van der Waals surface area (Å²) in [5.41, 5.74) is 6.12. The fourth-order valence-corrected chi connectivity index (χ4v) is 4.79. The summed E-state index contributed by atoms with van der Waals surface area (Å²) in [5.74, 6) is -1.32. The molecule has 3 aromatic carbocycles. The average molecular weight is 538 g/mol. The summed E-state index contributed by atoms with van der Waals surface area (Å²) in [5, 5.41) is 21.3. The normalized spacial score (nSPS) is 12.6. The Morgan fingerprint density at radius 2 is 1.89 bits per heavy atom. The van der Waals surface area contributed by atoms with Gasteiger partial charge in [-0.15, -0.1) is 0 Å². The van der Waals surface area contributed by atoms with Crippen LogP contribution in [0.15, 0.2) is 59.5 Å². The molecule has 0 aliphatic carbocycles. The number of benzene rings is 3. The number of hydrogen-bond acceptors (Lipinski definition) is 7. The van der Waals surface area contributed by atoms with Gasteiger partial charge in [0.2, 0.25) is 0 Å². The van der Waals surface area contributed by atoms with Crippen molar-refractivity contribution >= 4 is 43.9 Å². The van der Waals surface area contributed by atoms with Gasteiger partial charge in [-0.2, -0.15) is 5.10 Å². The van der Waals surface area contributed by atoms with E-state index in [2.05, 4.69) is 15.5 Å².